The fourth-order valence-electron chi connectivity index (χ4n) is 1.74. The summed E-state index contributed by atoms with van der Waals surface area (Å²) in [4.78, 5) is 33.9. The molecule has 0 spiro atoms. The number of amides is 1. The second-order valence-electron chi connectivity index (χ2n) is 4.46. The van der Waals surface area contributed by atoms with E-state index in [-0.39, 0.29) is 57.8 Å². The smallest absolute Gasteiger partial charge is 0.550 e. The van der Waals surface area contributed by atoms with Gasteiger partial charge in [-0.15, -0.1) is 0 Å². The number of nitrogens with one attached hydrogen (secondary N) is 1. The Hall–Kier alpha value is -0.774. The summed E-state index contributed by atoms with van der Waals surface area (Å²) in [6.45, 7) is 0. The van der Waals surface area contributed by atoms with Crippen molar-refractivity contribution in [2.75, 3.05) is 7.11 Å². The predicted molar refractivity (Wildman–Crippen MR) is 71.7 cm³/mol. The molecule has 114 valence electrons. The quantitative estimate of drug-likeness (QED) is 0.383. The van der Waals surface area contributed by atoms with E-state index in [1.165, 1.54) is 7.11 Å². The maximum atomic E-state index is 11.8. The predicted octanol–water partition coefficient (Wildman–Crippen LogP) is -4.64. The zero-order chi connectivity index (χ0) is 15.8. The van der Waals surface area contributed by atoms with Crippen LogP contribution >= 0.6 is 0 Å². The van der Waals surface area contributed by atoms with Crippen LogP contribution in [0.4, 0.5) is 0 Å². The van der Waals surface area contributed by atoms with Gasteiger partial charge >= 0.3 is 57.4 Å². The van der Waals surface area contributed by atoms with Crippen molar-refractivity contribution in [3.63, 3.8) is 0 Å². The van der Waals surface area contributed by atoms with Crippen LogP contribution in [0.2, 0.25) is 0 Å². The molecule has 0 aliphatic heterocycles. The Morgan fingerprint density at radius 2 is 1.86 bits per heavy atom. The normalized spacial score (nSPS) is 12.5. The molecule has 1 aromatic carbocycles. The maximum absolute atomic E-state index is 11.8. The largest absolute Gasteiger partial charge is 1.00 e. The first-order valence-corrected chi connectivity index (χ1v) is 6.31. The van der Waals surface area contributed by atoms with Gasteiger partial charge in [0.05, 0.1) is 13.2 Å². The van der Waals surface area contributed by atoms with Crippen molar-refractivity contribution in [1.29, 1.82) is 0 Å². The number of methoxy groups -OCH3 is 1. The summed E-state index contributed by atoms with van der Waals surface area (Å²) in [7, 11) is 1.20. The van der Waals surface area contributed by atoms with E-state index in [1.54, 1.807) is 24.3 Å². The fourth-order valence-corrected chi connectivity index (χ4v) is 1.74. The van der Waals surface area contributed by atoms with Crippen LogP contribution < -0.4 is 67.5 Å². The number of aliphatic carboxylic acids is 1. The average molecular weight is 332 g/mol. The van der Waals surface area contributed by atoms with Crippen LogP contribution in [0.25, 0.3) is 0 Å². The molecule has 0 saturated carbocycles. The Kier molecular flexibility index (Phi) is 10.5. The minimum absolute atomic E-state index is 0. The summed E-state index contributed by atoms with van der Waals surface area (Å²) in [5.41, 5.74) is 6.24. The Morgan fingerprint density at radius 1 is 1.27 bits per heavy atom. The Bertz CT molecular complexity index is 509. The topological polar surface area (TPSA) is 122 Å². The van der Waals surface area contributed by atoms with E-state index < -0.39 is 36.4 Å². The number of rotatable bonds is 7. The van der Waals surface area contributed by atoms with Crippen LogP contribution in [0, 0.1) is 0 Å². The number of hydrogen-bond acceptors (Lipinski definition) is 6. The van der Waals surface area contributed by atoms with E-state index >= 15 is 0 Å². The van der Waals surface area contributed by atoms with E-state index in [9.17, 15) is 19.5 Å². The Labute approximate surface area is 171 Å². The van der Waals surface area contributed by atoms with E-state index in [1.807, 2.05) is 6.07 Å². The van der Waals surface area contributed by atoms with Crippen molar-refractivity contribution < 1.29 is 75.6 Å². The number of benzene rings is 1. The summed E-state index contributed by atoms with van der Waals surface area (Å²) in [6, 6.07) is 6.80. The molecule has 22 heavy (non-hydrogen) atoms. The average Bonchev–Trinajstić information content (AvgIpc) is 2.46. The molecule has 3 N–H and O–H groups in total. The van der Waals surface area contributed by atoms with Crippen LogP contribution in [0.3, 0.4) is 0 Å². The minimum atomic E-state index is -1.43. The van der Waals surface area contributed by atoms with Gasteiger partial charge in [-0.25, -0.2) is 4.79 Å². The summed E-state index contributed by atoms with van der Waals surface area (Å²) >= 11 is 0. The van der Waals surface area contributed by atoms with Gasteiger partial charge in [0.1, 0.15) is 6.04 Å². The zero-order valence-corrected chi connectivity index (χ0v) is 15.7. The van der Waals surface area contributed by atoms with Gasteiger partial charge in [0, 0.05) is 18.8 Å². The summed E-state index contributed by atoms with van der Waals surface area (Å²) in [5.74, 6) is -2.81. The van der Waals surface area contributed by atoms with Gasteiger partial charge in [0.25, 0.3) is 0 Å². The fraction of sp³-hybridized carbons (Fsp3) is 0.357. The van der Waals surface area contributed by atoms with Crippen molar-refractivity contribution in [2.24, 2.45) is 5.73 Å². The molecule has 7 nitrogen and oxygen atoms in total. The number of carboxylic acids is 1. The third-order valence-corrected chi connectivity index (χ3v) is 2.81. The van der Waals surface area contributed by atoms with E-state index in [0.29, 0.717) is 0 Å². The first-order chi connectivity index (χ1) is 9.93. The van der Waals surface area contributed by atoms with Crippen LogP contribution in [-0.2, 0) is 25.5 Å². The van der Waals surface area contributed by atoms with Crippen LogP contribution in [0.15, 0.2) is 30.3 Å². The molecule has 0 heterocycles. The molecule has 0 fully saturated rings. The van der Waals surface area contributed by atoms with Gasteiger partial charge in [0.15, 0.2) is 0 Å². The molecule has 8 heteroatoms. The van der Waals surface area contributed by atoms with Crippen LogP contribution in [0.5, 0.6) is 0 Å². The van der Waals surface area contributed by atoms with E-state index in [4.69, 9.17) is 5.73 Å². The summed E-state index contributed by atoms with van der Waals surface area (Å²) < 4.78 is 4.62. The van der Waals surface area contributed by atoms with E-state index in [0.717, 1.165) is 5.56 Å². The molecule has 0 aliphatic carbocycles. The van der Waals surface area contributed by atoms with Crippen molar-refractivity contribution in [3.8, 4) is 0 Å². The molecule has 0 aromatic heterocycles. The van der Waals surface area contributed by atoms with Crippen molar-refractivity contribution in [2.45, 2.75) is 24.9 Å². The molecule has 1 aromatic rings. The van der Waals surface area contributed by atoms with Gasteiger partial charge in [-0.3, -0.25) is 4.79 Å². The number of carbonyl (C=O) groups is 3. The first kappa shape index (κ1) is 21.2. The second-order valence-corrected chi connectivity index (χ2v) is 4.46. The van der Waals surface area contributed by atoms with Crippen molar-refractivity contribution in [3.05, 3.63) is 35.9 Å². The van der Waals surface area contributed by atoms with Crippen molar-refractivity contribution >= 4 is 17.8 Å². The third-order valence-electron chi connectivity index (χ3n) is 2.81. The third kappa shape index (κ3) is 7.48. The van der Waals surface area contributed by atoms with Crippen LogP contribution in [0.1, 0.15) is 12.0 Å². The molecular formula is C14H17KN2O5. The van der Waals surface area contributed by atoms with Gasteiger partial charge < -0.3 is 25.7 Å². The van der Waals surface area contributed by atoms with Gasteiger partial charge in [0.2, 0.25) is 5.91 Å². The molecule has 0 bridgehead atoms. The van der Waals surface area contributed by atoms with Crippen molar-refractivity contribution in [1.82, 2.24) is 5.32 Å². The SMILES string of the molecule is COC(=O)[C@H](Cc1ccccc1)NC(=O)[C@@H](N)CC(=O)[O-].[K+]. The zero-order valence-electron chi connectivity index (χ0n) is 12.6. The summed E-state index contributed by atoms with van der Waals surface area (Å²) in [5, 5.41) is 12.8. The molecule has 2 atom stereocenters. The van der Waals surface area contributed by atoms with E-state index in [2.05, 4.69) is 10.1 Å². The second kappa shape index (κ2) is 10.9. The number of esters is 1. The van der Waals surface area contributed by atoms with Crippen LogP contribution in [-0.4, -0.2) is 37.0 Å². The Morgan fingerprint density at radius 3 is 2.36 bits per heavy atom. The van der Waals surface area contributed by atoms with Gasteiger partial charge in [-0.1, -0.05) is 30.3 Å². The number of nitrogens with two attached hydrogens (primary N) is 1. The Balaban J connectivity index is 0.00000441. The molecule has 1 rings (SSSR count). The maximum Gasteiger partial charge on any atom is 1.00 e. The van der Waals surface area contributed by atoms with Gasteiger partial charge in [-0.2, -0.15) is 0 Å². The monoisotopic (exact) mass is 332 g/mol. The number of carboxylic acid groups (broad SMARTS) is 1. The molecule has 0 unspecified atom stereocenters. The molecule has 1 amide bonds. The summed E-state index contributed by atoms with van der Waals surface area (Å²) in [6.07, 6.45) is -0.400. The molecule has 0 saturated heterocycles. The molecular weight excluding hydrogens is 315 g/mol. The molecule has 0 aliphatic rings. The number of ether oxygens (including phenoxy) is 1. The molecule has 0 radical (unpaired) electrons. The van der Waals surface area contributed by atoms with Gasteiger partial charge in [-0.05, 0) is 5.56 Å². The first-order valence-electron chi connectivity index (χ1n) is 6.31. The number of hydrogen-bond donors (Lipinski definition) is 2. The number of carbonyl (C=O) groups excluding carboxylic acids is 3. The standard InChI is InChI=1S/C14H18N2O5.K/c1-21-14(20)11(7-9-5-3-2-4-6-9)16-13(19)10(15)8-12(17)18;/h2-6,10-11H,7-8,15H2,1H3,(H,16,19)(H,17,18);/q;+1/p-1/t10-,11-;/m0./s1. The minimum Gasteiger partial charge on any atom is -0.550 e.